The van der Waals surface area contributed by atoms with Crippen LogP contribution in [-0.2, 0) is 26.2 Å². The Morgan fingerprint density at radius 3 is 2.52 bits per heavy atom. The van der Waals surface area contributed by atoms with Crippen molar-refractivity contribution in [3.05, 3.63) is 71.7 Å². The number of nitrogens with zero attached hydrogens (tertiary/aromatic N) is 4. The van der Waals surface area contributed by atoms with Gasteiger partial charge in [0.1, 0.15) is 29.6 Å². The lowest BCUT2D eigenvalue weighted by atomic mass is 9.76. The van der Waals surface area contributed by atoms with E-state index in [0.717, 1.165) is 72.9 Å². The van der Waals surface area contributed by atoms with Crippen molar-refractivity contribution in [1.82, 2.24) is 19.4 Å². The standard InChI is InChI=1S/C45H61N7O4/c1-27-18-34(54-7)13-11-30(27)23-47-42-35-16-17-52(43(35)49-26-48-42)38-21-31(40-41(38)56-45(5,6)55-40)25-51(24-28-8-9-28)33-19-29(20-33)10-15-39(53)50-37-14-12-32(22-36(37)46)44(2,3)4/h11-14,16-18,22,26,28-29,31,33,38,40-41H,8-10,15,19-21,23-25,46H2,1-7H3,(H,50,53)(H,47,48,49)/t29?,31-,33?,38-,40-,41+/m1/s1. The average molecular weight is 764 g/mol. The van der Waals surface area contributed by atoms with E-state index < -0.39 is 5.79 Å². The Kier molecular flexibility index (Phi) is 10.6. The minimum Gasteiger partial charge on any atom is -0.497 e. The van der Waals surface area contributed by atoms with Crippen molar-refractivity contribution < 1.29 is 19.0 Å². The molecular weight excluding hydrogens is 703 g/mol. The number of hydrogen-bond acceptors (Lipinski definition) is 9. The van der Waals surface area contributed by atoms with Crippen LogP contribution < -0.4 is 21.1 Å². The van der Waals surface area contributed by atoms with E-state index in [-0.39, 0.29) is 29.6 Å². The second-order valence-corrected chi connectivity index (χ2v) is 18.5. The van der Waals surface area contributed by atoms with Gasteiger partial charge in [0.2, 0.25) is 5.91 Å². The van der Waals surface area contributed by atoms with Crippen LogP contribution in [0.15, 0.2) is 55.0 Å². The van der Waals surface area contributed by atoms with Gasteiger partial charge >= 0.3 is 0 Å². The van der Waals surface area contributed by atoms with Crippen LogP contribution in [0.25, 0.3) is 11.0 Å². The largest absolute Gasteiger partial charge is 0.497 e. The van der Waals surface area contributed by atoms with Gasteiger partial charge in [-0.25, -0.2) is 9.97 Å². The average Bonchev–Trinajstić information content (AvgIpc) is 3.63. The van der Waals surface area contributed by atoms with Crippen molar-refractivity contribution in [3.63, 3.8) is 0 Å². The number of fused-ring (bicyclic) bond motifs is 2. The Morgan fingerprint density at radius 2 is 1.80 bits per heavy atom. The number of hydrogen-bond donors (Lipinski definition) is 3. The molecule has 4 aromatic rings. The fourth-order valence-electron chi connectivity index (χ4n) is 9.29. The highest BCUT2D eigenvalue weighted by Crippen LogP contribution is 2.49. The van der Waals surface area contributed by atoms with E-state index >= 15 is 0 Å². The molecule has 3 saturated carbocycles. The highest BCUT2D eigenvalue weighted by atomic mass is 16.8. The Balaban J connectivity index is 0.909. The summed E-state index contributed by atoms with van der Waals surface area (Å²) in [4.78, 5) is 25.2. The molecule has 1 saturated heterocycles. The number of aryl methyl sites for hydroxylation is 1. The number of nitrogens with two attached hydrogens (primary N) is 1. The monoisotopic (exact) mass is 763 g/mol. The lowest BCUT2D eigenvalue weighted by Gasteiger charge is -2.44. The highest BCUT2D eigenvalue weighted by molar-refractivity contribution is 5.94. The summed E-state index contributed by atoms with van der Waals surface area (Å²) in [5.74, 6) is 2.76. The topological polar surface area (TPSA) is 129 Å². The smallest absolute Gasteiger partial charge is 0.224 e. The van der Waals surface area contributed by atoms with E-state index in [1.54, 1.807) is 13.4 Å². The molecule has 56 heavy (non-hydrogen) atoms. The Bertz CT molecular complexity index is 2050. The number of nitrogen functional groups attached to an aromatic ring is 1. The predicted octanol–water partition coefficient (Wildman–Crippen LogP) is 8.23. The maximum atomic E-state index is 13.0. The number of anilines is 3. The van der Waals surface area contributed by atoms with Crippen LogP contribution in [-0.4, -0.2) is 69.6 Å². The van der Waals surface area contributed by atoms with Crippen LogP contribution in [0.1, 0.15) is 102 Å². The Labute approximate surface area is 332 Å². The quantitative estimate of drug-likeness (QED) is 0.109. The number of aromatic nitrogens is 3. The van der Waals surface area contributed by atoms with Gasteiger partial charge in [-0.1, -0.05) is 32.9 Å². The summed E-state index contributed by atoms with van der Waals surface area (Å²) in [6.07, 6.45) is 11.1. The van der Waals surface area contributed by atoms with E-state index in [9.17, 15) is 4.79 Å². The SMILES string of the molecule is COc1ccc(CNc2ncnc3c2ccn3[C@@H]2C[C@H](CN(CC3CC3)C3CC(CCC(=O)Nc4ccc(C(C)(C)C)cc4N)C3)[C@H]3OC(C)(C)O[C@H]32)c(C)c1. The van der Waals surface area contributed by atoms with E-state index in [1.807, 2.05) is 32.0 Å². The molecule has 2 aromatic heterocycles. The minimum atomic E-state index is -0.643. The molecule has 4 fully saturated rings. The van der Waals surface area contributed by atoms with E-state index in [4.69, 9.17) is 24.9 Å². The summed E-state index contributed by atoms with van der Waals surface area (Å²) < 4.78 is 21.1. The number of rotatable bonds is 14. The van der Waals surface area contributed by atoms with Crippen LogP contribution in [0.4, 0.5) is 17.2 Å². The summed E-state index contributed by atoms with van der Waals surface area (Å²) in [5, 5.41) is 7.64. The number of carbonyl (C=O) groups excluding carboxylic acids is 1. The van der Waals surface area contributed by atoms with Gasteiger partial charge in [-0.15, -0.1) is 0 Å². The molecule has 1 amide bonds. The van der Waals surface area contributed by atoms with Gasteiger partial charge < -0.3 is 35.1 Å². The first-order valence-electron chi connectivity index (χ1n) is 20.7. The maximum Gasteiger partial charge on any atom is 0.224 e. The molecule has 3 heterocycles. The summed E-state index contributed by atoms with van der Waals surface area (Å²) in [5.41, 5.74) is 12.1. The molecule has 3 aliphatic carbocycles. The second kappa shape index (κ2) is 15.3. The first-order valence-corrected chi connectivity index (χ1v) is 20.7. The number of carbonyl (C=O) groups is 1. The van der Waals surface area contributed by atoms with Crippen molar-refractivity contribution in [2.75, 3.05) is 36.6 Å². The fraction of sp³-hybridized carbons (Fsp3) is 0.578. The zero-order valence-corrected chi connectivity index (χ0v) is 34.3. The molecule has 1 aliphatic heterocycles. The third kappa shape index (κ3) is 8.27. The van der Waals surface area contributed by atoms with Crippen molar-refractivity contribution in [3.8, 4) is 5.75 Å². The summed E-state index contributed by atoms with van der Waals surface area (Å²) in [7, 11) is 1.69. The zero-order valence-electron chi connectivity index (χ0n) is 34.3. The van der Waals surface area contributed by atoms with Gasteiger partial charge in [-0.2, -0.15) is 0 Å². The molecule has 0 radical (unpaired) electrons. The maximum absolute atomic E-state index is 13.0. The van der Waals surface area contributed by atoms with Crippen molar-refractivity contribution in [1.29, 1.82) is 0 Å². The fourth-order valence-corrected chi connectivity index (χ4v) is 9.29. The van der Waals surface area contributed by atoms with Gasteiger partial charge in [0.25, 0.3) is 0 Å². The molecule has 0 unspecified atom stereocenters. The molecule has 300 valence electrons. The summed E-state index contributed by atoms with van der Waals surface area (Å²) in [6.45, 7) is 15.5. The number of ether oxygens (including phenoxy) is 3. The summed E-state index contributed by atoms with van der Waals surface area (Å²) >= 11 is 0. The summed E-state index contributed by atoms with van der Waals surface area (Å²) in [6, 6.07) is 14.9. The van der Waals surface area contributed by atoms with Crippen LogP contribution in [0.2, 0.25) is 0 Å². The van der Waals surface area contributed by atoms with E-state index in [1.165, 1.54) is 24.0 Å². The van der Waals surface area contributed by atoms with Gasteiger partial charge in [0.15, 0.2) is 5.79 Å². The van der Waals surface area contributed by atoms with E-state index in [2.05, 4.69) is 83.2 Å². The Morgan fingerprint density at radius 1 is 1.02 bits per heavy atom. The van der Waals surface area contributed by atoms with Crippen LogP contribution in [0.5, 0.6) is 5.75 Å². The molecule has 2 aromatic carbocycles. The normalized spacial score (nSPS) is 25.6. The predicted molar refractivity (Wildman–Crippen MR) is 222 cm³/mol. The van der Waals surface area contributed by atoms with Gasteiger partial charge in [-0.3, -0.25) is 9.69 Å². The molecular formula is C45H61N7O4. The highest BCUT2D eigenvalue weighted by Gasteiger charge is 2.55. The molecule has 8 rings (SSSR count). The zero-order chi connectivity index (χ0) is 39.4. The van der Waals surface area contributed by atoms with Crippen molar-refractivity contribution in [2.45, 2.75) is 129 Å². The van der Waals surface area contributed by atoms with Gasteiger partial charge in [0, 0.05) is 44.2 Å². The third-order valence-electron chi connectivity index (χ3n) is 12.8. The van der Waals surface area contributed by atoms with Crippen LogP contribution in [0, 0.1) is 24.7 Å². The molecule has 0 bridgehead atoms. The van der Waals surface area contributed by atoms with Gasteiger partial charge in [0.05, 0.1) is 36.0 Å². The van der Waals surface area contributed by atoms with Crippen LogP contribution in [0.3, 0.4) is 0 Å². The Hall–Kier alpha value is -4.19. The van der Waals surface area contributed by atoms with Crippen molar-refractivity contribution in [2.24, 2.45) is 17.8 Å². The molecule has 4 atom stereocenters. The molecule has 0 spiro atoms. The molecule has 11 heteroatoms. The first kappa shape index (κ1) is 38.7. The van der Waals surface area contributed by atoms with Gasteiger partial charge in [-0.05, 0) is 124 Å². The lowest BCUT2D eigenvalue weighted by Crippen LogP contribution is -2.48. The molecule has 11 nitrogen and oxygen atoms in total. The first-order chi connectivity index (χ1) is 26.7. The third-order valence-corrected chi connectivity index (χ3v) is 12.8. The van der Waals surface area contributed by atoms with Crippen LogP contribution >= 0.6 is 0 Å². The number of amides is 1. The van der Waals surface area contributed by atoms with E-state index in [0.29, 0.717) is 42.2 Å². The molecule has 4 aliphatic rings. The molecule has 4 N–H and O–H groups in total. The number of nitrogens with one attached hydrogen (secondary N) is 2. The number of methoxy groups -OCH3 is 1. The van der Waals surface area contributed by atoms with Crippen molar-refractivity contribution >= 4 is 34.1 Å². The lowest BCUT2D eigenvalue weighted by molar-refractivity contribution is -0.161. The second-order valence-electron chi connectivity index (χ2n) is 18.5. The number of benzene rings is 2. The minimum absolute atomic E-state index is 0.00862.